The van der Waals surface area contributed by atoms with E-state index in [4.69, 9.17) is 0 Å². The molecule has 0 saturated carbocycles. The molecule has 0 aliphatic carbocycles. The van der Waals surface area contributed by atoms with Crippen LogP contribution in [0.1, 0.15) is 30.8 Å². The predicted molar refractivity (Wildman–Crippen MR) is 132 cm³/mol. The van der Waals surface area contributed by atoms with E-state index in [0.29, 0.717) is 23.1 Å². The number of pyridine rings is 1. The van der Waals surface area contributed by atoms with Crippen LogP contribution in [0.2, 0.25) is 0 Å². The van der Waals surface area contributed by atoms with E-state index in [0.717, 1.165) is 27.9 Å². The van der Waals surface area contributed by atoms with Crippen molar-refractivity contribution in [3.8, 4) is 0 Å². The third-order valence-corrected chi connectivity index (χ3v) is 5.34. The van der Waals surface area contributed by atoms with Crippen molar-refractivity contribution in [1.82, 2.24) is 15.2 Å². The number of carbonyl (C=O) groups excluding carboxylic acids is 1. The van der Waals surface area contributed by atoms with Crippen LogP contribution in [0, 0.1) is 0 Å². The minimum absolute atomic E-state index is 0.176. The van der Waals surface area contributed by atoms with E-state index in [-0.39, 0.29) is 11.5 Å². The van der Waals surface area contributed by atoms with Gasteiger partial charge in [0.05, 0.1) is 16.8 Å². The second-order valence-electron chi connectivity index (χ2n) is 7.79. The van der Waals surface area contributed by atoms with E-state index in [9.17, 15) is 9.59 Å². The number of benzene rings is 2. The first-order valence-electron chi connectivity index (χ1n) is 10.6. The van der Waals surface area contributed by atoms with Crippen LogP contribution in [0.3, 0.4) is 0 Å². The molecule has 2 N–H and O–H groups in total. The molecule has 0 spiro atoms. The van der Waals surface area contributed by atoms with E-state index in [1.807, 2.05) is 73.7 Å². The van der Waals surface area contributed by atoms with E-state index in [1.54, 1.807) is 25.3 Å². The third-order valence-electron chi connectivity index (χ3n) is 5.34. The maximum absolute atomic E-state index is 12.7. The number of fused-ring (bicyclic) bond motifs is 1. The highest BCUT2D eigenvalue weighted by molar-refractivity contribution is 6.03. The number of nitrogens with one attached hydrogen (secondary N) is 2. The van der Waals surface area contributed by atoms with Crippen LogP contribution in [-0.2, 0) is 11.2 Å². The van der Waals surface area contributed by atoms with E-state index >= 15 is 0 Å². The molecule has 0 aliphatic rings. The molecular weight excluding hydrogens is 412 g/mol. The molecule has 6 heteroatoms. The topological polar surface area (TPSA) is 87.7 Å². The summed E-state index contributed by atoms with van der Waals surface area (Å²) in [6.07, 6.45) is 5.95. The van der Waals surface area contributed by atoms with Gasteiger partial charge in [-0.05, 0) is 55.3 Å². The summed E-state index contributed by atoms with van der Waals surface area (Å²) in [5.41, 5.74) is 4.69. The molecule has 4 rings (SSSR count). The summed E-state index contributed by atoms with van der Waals surface area (Å²) >= 11 is 0. The quantitative estimate of drug-likeness (QED) is 0.332. The minimum atomic E-state index is -0.204. The summed E-state index contributed by atoms with van der Waals surface area (Å²) in [6.45, 7) is 3.74. The van der Waals surface area contributed by atoms with Crippen molar-refractivity contribution in [2.75, 3.05) is 5.32 Å². The van der Waals surface area contributed by atoms with Gasteiger partial charge in [0.15, 0.2) is 0 Å². The molecule has 0 unspecified atom stereocenters. The van der Waals surface area contributed by atoms with Crippen LogP contribution in [0.5, 0.6) is 0 Å². The average molecular weight is 437 g/mol. The molecule has 0 saturated heterocycles. The number of hydrogen-bond donors (Lipinski definition) is 2. The number of hydrogen-bond acceptors (Lipinski definition) is 4. The Hall–Kier alpha value is -4.32. The van der Waals surface area contributed by atoms with Crippen molar-refractivity contribution >= 4 is 27.9 Å². The van der Waals surface area contributed by atoms with Gasteiger partial charge in [-0.15, -0.1) is 0 Å². The molecule has 2 heterocycles. The SMILES string of the molecule is C/C(=C\C=C(/C)c1ccccn1)C(=O)Nc1cccc(Cc2n[nH]c(=O)c3ccccc23)c1. The Balaban J connectivity index is 1.49. The zero-order chi connectivity index (χ0) is 23.2. The van der Waals surface area contributed by atoms with Crippen molar-refractivity contribution in [2.45, 2.75) is 20.3 Å². The number of carbonyl (C=O) groups is 1. The largest absolute Gasteiger partial charge is 0.322 e. The number of rotatable bonds is 6. The summed E-state index contributed by atoms with van der Waals surface area (Å²) in [5, 5.41) is 11.2. The molecule has 1 amide bonds. The van der Waals surface area contributed by atoms with Crippen molar-refractivity contribution in [3.63, 3.8) is 0 Å². The fourth-order valence-electron chi connectivity index (χ4n) is 3.50. The standard InChI is InChI=1S/C27H24N4O2/c1-18(24-12-5-6-15-28-24)13-14-19(2)26(32)29-21-9-7-8-20(16-21)17-25-22-10-3-4-11-23(22)27(33)31-30-25/h3-16H,17H2,1-2H3,(H,29,32)(H,31,33)/b18-13+,19-14+. The summed E-state index contributed by atoms with van der Waals surface area (Å²) in [6, 6.07) is 20.8. The molecule has 164 valence electrons. The lowest BCUT2D eigenvalue weighted by atomic mass is 10.0. The highest BCUT2D eigenvalue weighted by Gasteiger charge is 2.09. The molecule has 6 nitrogen and oxygen atoms in total. The fourth-order valence-corrected chi connectivity index (χ4v) is 3.50. The van der Waals surface area contributed by atoms with Gasteiger partial charge in [0.25, 0.3) is 11.5 Å². The number of H-pyrrole nitrogens is 1. The highest BCUT2D eigenvalue weighted by Crippen LogP contribution is 2.19. The van der Waals surface area contributed by atoms with Gasteiger partial charge >= 0.3 is 0 Å². The molecule has 0 radical (unpaired) electrons. The second-order valence-corrected chi connectivity index (χ2v) is 7.79. The second kappa shape index (κ2) is 9.87. The van der Waals surface area contributed by atoms with Gasteiger partial charge in [0.2, 0.25) is 0 Å². The Morgan fingerprint density at radius 2 is 1.76 bits per heavy atom. The van der Waals surface area contributed by atoms with Crippen LogP contribution >= 0.6 is 0 Å². The summed E-state index contributed by atoms with van der Waals surface area (Å²) in [7, 11) is 0. The van der Waals surface area contributed by atoms with Crippen LogP contribution in [0.15, 0.2) is 95.4 Å². The van der Waals surface area contributed by atoms with Gasteiger partial charge in [0.1, 0.15) is 0 Å². The molecule has 0 fully saturated rings. The first-order chi connectivity index (χ1) is 16.0. The van der Waals surface area contributed by atoms with Crippen molar-refractivity contribution in [2.24, 2.45) is 0 Å². The molecule has 2 aromatic carbocycles. The fraction of sp³-hybridized carbons (Fsp3) is 0.111. The molecular formula is C27H24N4O2. The normalized spacial score (nSPS) is 12.1. The van der Waals surface area contributed by atoms with E-state index < -0.39 is 0 Å². The van der Waals surface area contributed by atoms with Crippen LogP contribution < -0.4 is 10.9 Å². The zero-order valence-electron chi connectivity index (χ0n) is 18.5. The van der Waals surface area contributed by atoms with Crippen molar-refractivity contribution in [1.29, 1.82) is 0 Å². The Bertz CT molecular complexity index is 1420. The monoisotopic (exact) mass is 436 g/mol. The summed E-state index contributed by atoms with van der Waals surface area (Å²) in [5.74, 6) is -0.176. The third kappa shape index (κ3) is 5.30. The highest BCUT2D eigenvalue weighted by atomic mass is 16.1. The molecule has 4 aromatic rings. The predicted octanol–water partition coefficient (Wildman–Crippen LogP) is 4.90. The number of amides is 1. The van der Waals surface area contributed by atoms with Crippen LogP contribution in [0.25, 0.3) is 16.3 Å². The van der Waals surface area contributed by atoms with Gasteiger partial charge in [-0.1, -0.05) is 48.6 Å². The number of nitrogens with zero attached hydrogens (tertiary/aromatic N) is 2. The smallest absolute Gasteiger partial charge is 0.272 e. The Kier molecular flexibility index (Phi) is 6.55. The average Bonchev–Trinajstić information content (AvgIpc) is 2.85. The maximum Gasteiger partial charge on any atom is 0.272 e. The molecule has 33 heavy (non-hydrogen) atoms. The number of aromatic amines is 1. The maximum atomic E-state index is 12.7. The number of aromatic nitrogens is 3. The molecule has 0 atom stereocenters. The van der Waals surface area contributed by atoms with Crippen molar-refractivity contribution in [3.05, 3.63) is 118 Å². The number of anilines is 1. The van der Waals surface area contributed by atoms with Gasteiger partial charge < -0.3 is 5.32 Å². The van der Waals surface area contributed by atoms with Crippen molar-refractivity contribution < 1.29 is 4.79 Å². The Morgan fingerprint density at radius 1 is 0.970 bits per heavy atom. The first kappa shape index (κ1) is 21.9. The lowest BCUT2D eigenvalue weighted by Crippen LogP contribution is -2.13. The summed E-state index contributed by atoms with van der Waals surface area (Å²) in [4.78, 5) is 29.0. The van der Waals surface area contributed by atoms with Gasteiger partial charge in [-0.2, -0.15) is 5.10 Å². The van der Waals surface area contributed by atoms with Crippen LogP contribution in [0.4, 0.5) is 5.69 Å². The zero-order valence-corrected chi connectivity index (χ0v) is 18.5. The van der Waals surface area contributed by atoms with Crippen LogP contribution in [-0.4, -0.2) is 21.1 Å². The van der Waals surface area contributed by atoms with E-state index in [1.165, 1.54) is 0 Å². The Labute approximate surface area is 191 Å². The van der Waals surface area contributed by atoms with Gasteiger partial charge in [-0.3, -0.25) is 14.6 Å². The number of allylic oxidation sites excluding steroid dienone is 3. The Morgan fingerprint density at radius 3 is 2.55 bits per heavy atom. The summed E-state index contributed by atoms with van der Waals surface area (Å²) < 4.78 is 0. The first-order valence-corrected chi connectivity index (χ1v) is 10.6. The lowest BCUT2D eigenvalue weighted by Gasteiger charge is -2.09. The minimum Gasteiger partial charge on any atom is -0.322 e. The van der Waals surface area contributed by atoms with E-state index in [2.05, 4.69) is 20.5 Å². The molecule has 2 aromatic heterocycles. The lowest BCUT2D eigenvalue weighted by molar-refractivity contribution is -0.112. The molecule has 0 bridgehead atoms. The molecule has 0 aliphatic heterocycles. The van der Waals surface area contributed by atoms with Gasteiger partial charge in [0, 0.05) is 29.3 Å². The van der Waals surface area contributed by atoms with Gasteiger partial charge in [-0.25, -0.2) is 5.10 Å².